The second kappa shape index (κ2) is 7.01. The van der Waals surface area contributed by atoms with Gasteiger partial charge in [0.1, 0.15) is 0 Å². The number of nitrogens with one attached hydrogen (secondary N) is 1. The third-order valence-electron chi connectivity index (χ3n) is 3.11. The van der Waals surface area contributed by atoms with Crippen LogP contribution in [0.1, 0.15) is 17.2 Å². The molecule has 0 aliphatic heterocycles. The largest absolute Gasteiger partial charge is 0.494 e. The fraction of sp³-hybridized carbons (Fsp3) is 0.200. The minimum absolute atomic E-state index is 0.0579. The van der Waals surface area contributed by atoms with Crippen molar-refractivity contribution in [1.29, 1.82) is 0 Å². The van der Waals surface area contributed by atoms with Crippen LogP contribution in [0.25, 0.3) is 0 Å². The summed E-state index contributed by atoms with van der Waals surface area (Å²) >= 11 is 2.26. The van der Waals surface area contributed by atoms with E-state index >= 15 is 0 Å². The van der Waals surface area contributed by atoms with Crippen LogP contribution in [0.5, 0.6) is 5.75 Å². The molecule has 0 aromatic heterocycles. The van der Waals surface area contributed by atoms with Crippen molar-refractivity contribution >= 4 is 22.6 Å². The quantitative estimate of drug-likeness (QED) is 0.472. The van der Waals surface area contributed by atoms with Gasteiger partial charge >= 0.3 is 0 Å². The fourth-order valence-corrected chi connectivity index (χ4v) is 2.64. The van der Waals surface area contributed by atoms with E-state index in [2.05, 4.69) is 34.1 Å². The predicted molar refractivity (Wildman–Crippen MR) is 85.9 cm³/mol. The Balaban J connectivity index is 2.20. The van der Waals surface area contributed by atoms with Crippen molar-refractivity contribution in [3.8, 4) is 5.75 Å². The summed E-state index contributed by atoms with van der Waals surface area (Å²) in [6.45, 7) is 0. The minimum atomic E-state index is -0.358. The van der Waals surface area contributed by atoms with Crippen LogP contribution >= 0.6 is 22.6 Å². The lowest BCUT2D eigenvalue weighted by Gasteiger charge is -2.17. The van der Waals surface area contributed by atoms with Crippen LogP contribution in [-0.4, -0.2) is 7.11 Å². The van der Waals surface area contributed by atoms with Crippen molar-refractivity contribution < 1.29 is 9.13 Å². The lowest BCUT2D eigenvalue weighted by atomic mass is 9.99. The first-order valence-electron chi connectivity index (χ1n) is 6.18. The normalized spacial score (nSPS) is 12.2. The third-order valence-corrected chi connectivity index (χ3v) is 3.78. The zero-order valence-corrected chi connectivity index (χ0v) is 13.2. The van der Waals surface area contributed by atoms with Gasteiger partial charge in [-0.25, -0.2) is 4.39 Å². The van der Waals surface area contributed by atoms with Gasteiger partial charge in [0, 0.05) is 3.57 Å². The lowest BCUT2D eigenvalue weighted by Crippen LogP contribution is -2.29. The van der Waals surface area contributed by atoms with Gasteiger partial charge in [-0.2, -0.15) is 0 Å². The predicted octanol–water partition coefficient (Wildman–Crippen LogP) is 3.19. The van der Waals surface area contributed by atoms with Crippen LogP contribution in [0.2, 0.25) is 0 Å². The van der Waals surface area contributed by atoms with Gasteiger partial charge in [0.15, 0.2) is 11.6 Å². The number of methoxy groups -OCH3 is 1. The second-order valence-corrected chi connectivity index (χ2v) is 5.69. The number of rotatable bonds is 5. The molecule has 0 spiro atoms. The lowest BCUT2D eigenvalue weighted by molar-refractivity contribution is 0.386. The highest BCUT2D eigenvalue weighted by Crippen LogP contribution is 2.23. The number of hydrazine groups is 1. The van der Waals surface area contributed by atoms with Crippen LogP contribution in [0.4, 0.5) is 4.39 Å². The number of halogens is 2. The summed E-state index contributed by atoms with van der Waals surface area (Å²) in [5.41, 5.74) is 4.73. The highest BCUT2D eigenvalue weighted by Gasteiger charge is 2.12. The van der Waals surface area contributed by atoms with E-state index in [0.29, 0.717) is 6.42 Å². The molecule has 3 nitrogen and oxygen atoms in total. The zero-order valence-electron chi connectivity index (χ0n) is 11.1. The van der Waals surface area contributed by atoms with Crippen molar-refractivity contribution in [2.24, 2.45) is 5.84 Å². The summed E-state index contributed by atoms with van der Waals surface area (Å²) in [5.74, 6) is 5.52. The van der Waals surface area contributed by atoms with Gasteiger partial charge in [0.05, 0.1) is 13.2 Å². The van der Waals surface area contributed by atoms with Crippen molar-refractivity contribution in [1.82, 2.24) is 5.43 Å². The van der Waals surface area contributed by atoms with E-state index in [4.69, 9.17) is 10.6 Å². The summed E-state index contributed by atoms with van der Waals surface area (Å²) in [7, 11) is 1.45. The van der Waals surface area contributed by atoms with Gasteiger partial charge in [-0.15, -0.1) is 0 Å². The SMILES string of the molecule is COc1ccc(CC(NN)c2cccc(I)c2)cc1F. The molecule has 0 amide bonds. The maximum atomic E-state index is 13.7. The van der Waals surface area contributed by atoms with E-state index in [1.54, 1.807) is 6.07 Å². The molecule has 106 valence electrons. The smallest absolute Gasteiger partial charge is 0.165 e. The molecule has 20 heavy (non-hydrogen) atoms. The van der Waals surface area contributed by atoms with Gasteiger partial charge in [0.2, 0.25) is 0 Å². The molecule has 1 atom stereocenters. The first-order valence-corrected chi connectivity index (χ1v) is 7.26. The van der Waals surface area contributed by atoms with Crippen LogP contribution in [-0.2, 0) is 6.42 Å². The highest BCUT2D eigenvalue weighted by molar-refractivity contribution is 14.1. The first-order chi connectivity index (χ1) is 9.63. The van der Waals surface area contributed by atoms with Crippen LogP contribution in [0, 0.1) is 9.39 Å². The monoisotopic (exact) mass is 386 g/mol. The molecule has 1 unspecified atom stereocenters. The van der Waals surface area contributed by atoms with E-state index in [0.717, 1.165) is 14.7 Å². The molecule has 0 saturated carbocycles. The molecule has 0 heterocycles. The van der Waals surface area contributed by atoms with E-state index in [1.165, 1.54) is 13.2 Å². The van der Waals surface area contributed by atoms with Gasteiger partial charge in [-0.3, -0.25) is 11.3 Å². The summed E-state index contributed by atoms with van der Waals surface area (Å²) in [5, 5.41) is 0. The van der Waals surface area contributed by atoms with E-state index in [9.17, 15) is 4.39 Å². The van der Waals surface area contributed by atoms with Gasteiger partial charge in [-0.1, -0.05) is 18.2 Å². The van der Waals surface area contributed by atoms with Crippen molar-refractivity contribution in [2.45, 2.75) is 12.5 Å². The molecular formula is C15H16FIN2O. The summed E-state index contributed by atoms with van der Waals surface area (Å²) < 4.78 is 19.7. The Morgan fingerprint density at radius 2 is 2.10 bits per heavy atom. The topological polar surface area (TPSA) is 47.3 Å². The second-order valence-electron chi connectivity index (χ2n) is 4.45. The van der Waals surface area contributed by atoms with E-state index in [1.807, 2.05) is 24.3 Å². The highest BCUT2D eigenvalue weighted by atomic mass is 127. The Kier molecular flexibility index (Phi) is 5.33. The first kappa shape index (κ1) is 15.2. The molecular weight excluding hydrogens is 370 g/mol. The van der Waals surface area contributed by atoms with Crippen molar-refractivity contribution in [3.05, 3.63) is 63.0 Å². The van der Waals surface area contributed by atoms with Gasteiger partial charge in [0.25, 0.3) is 0 Å². The fourth-order valence-electron chi connectivity index (χ4n) is 2.07. The minimum Gasteiger partial charge on any atom is -0.494 e. The Morgan fingerprint density at radius 1 is 1.30 bits per heavy atom. The van der Waals surface area contributed by atoms with Gasteiger partial charge < -0.3 is 4.74 Å². The zero-order chi connectivity index (χ0) is 14.5. The Labute approximate surface area is 131 Å². The number of nitrogens with two attached hydrogens (primary N) is 1. The van der Waals surface area contributed by atoms with Crippen LogP contribution in [0.3, 0.4) is 0 Å². The molecule has 2 aromatic rings. The molecule has 3 N–H and O–H groups in total. The number of hydrogen-bond donors (Lipinski definition) is 2. The maximum Gasteiger partial charge on any atom is 0.165 e. The van der Waals surface area contributed by atoms with Crippen molar-refractivity contribution in [3.63, 3.8) is 0 Å². The molecule has 2 aromatic carbocycles. The molecule has 2 rings (SSSR count). The Bertz CT molecular complexity index is 592. The summed E-state index contributed by atoms with van der Waals surface area (Å²) in [6.07, 6.45) is 0.609. The van der Waals surface area contributed by atoms with Crippen molar-refractivity contribution in [2.75, 3.05) is 7.11 Å². The summed E-state index contributed by atoms with van der Waals surface area (Å²) in [6, 6.07) is 13.0. The van der Waals surface area contributed by atoms with Crippen LogP contribution < -0.4 is 16.0 Å². The molecule has 0 aliphatic rings. The van der Waals surface area contributed by atoms with Crippen LogP contribution in [0.15, 0.2) is 42.5 Å². The average Bonchev–Trinajstić information content (AvgIpc) is 2.45. The summed E-state index contributed by atoms with van der Waals surface area (Å²) in [4.78, 5) is 0. The number of ether oxygens (including phenoxy) is 1. The molecule has 0 saturated heterocycles. The molecule has 0 fully saturated rings. The van der Waals surface area contributed by atoms with E-state index in [-0.39, 0.29) is 17.6 Å². The third kappa shape index (κ3) is 3.68. The molecule has 0 bridgehead atoms. The van der Waals surface area contributed by atoms with Gasteiger partial charge in [-0.05, 0) is 64.4 Å². The maximum absolute atomic E-state index is 13.7. The number of benzene rings is 2. The molecule has 0 aliphatic carbocycles. The number of hydrogen-bond acceptors (Lipinski definition) is 3. The Hall–Kier alpha value is -1.18. The molecule has 0 radical (unpaired) electrons. The standard InChI is InChI=1S/C15H16FIN2O/c1-20-15-6-5-10(7-13(15)16)8-14(19-18)11-3-2-4-12(17)9-11/h2-7,9,14,19H,8,18H2,1H3. The average molecular weight is 386 g/mol. The Morgan fingerprint density at radius 3 is 2.70 bits per heavy atom. The molecule has 5 heteroatoms. The van der Waals surface area contributed by atoms with E-state index < -0.39 is 0 Å².